The molecule has 0 aliphatic carbocycles. The Labute approximate surface area is 217 Å². The topological polar surface area (TPSA) is 160 Å². The van der Waals surface area contributed by atoms with Crippen molar-refractivity contribution in [3.63, 3.8) is 0 Å². The number of rotatable bonds is 7. The zero-order chi connectivity index (χ0) is 27.0. The van der Waals surface area contributed by atoms with Gasteiger partial charge < -0.3 is 10.2 Å². The van der Waals surface area contributed by atoms with Crippen molar-refractivity contribution in [3.8, 4) is 0 Å². The van der Waals surface area contributed by atoms with Crippen molar-refractivity contribution in [3.05, 3.63) is 59.7 Å². The van der Waals surface area contributed by atoms with Gasteiger partial charge in [-0.15, -0.1) is 0 Å². The predicted octanol–water partition coefficient (Wildman–Crippen LogP) is 2.09. The zero-order valence-electron chi connectivity index (χ0n) is 20.6. The first-order valence-corrected chi connectivity index (χ1v) is 15.1. The van der Waals surface area contributed by atoms with Crippen molar-refractivity contribution in [1.29, 1.82) is 0 Å². The van der Waals surface area contributed by atoms with Crippen LogP contribution in [0.15, 0.2) is 53.4 Å². The van der Waals surface area contributed by atoms with Crippen molar-refractivity contribution >= 4 is 38.1 Å². The largest absolute Gasteiger partial charge is 0.364 e. The van der Waals surface area contributed by atoms with Gasteiger partial charge in [0, 0.05) is 31.7 Å². The van der Waals surface area contributed by atoms with Crippen molar-refractivity contribution < 1.29 is 32.3 Å². The van der Waals surface area contributed by atoms with Gasteiger partial charge in [0.25, 0.3) is 5.91 Å². The van der Waals surface area contributed by atoms with E-state index in [4.69, 9.17) is 5.21 Å². The van der Waals surface area contributed by atoms with E-state index in [0.717, 1.165) is 15.6 Å². The number of carbonyl (C=O) groups excluding carboxylic acids is 2. The lowest BCUT2D eigenvalue weighted by molar-refractivity contribution is -0.133. The minimum Gasteiger partial charge on any atom is -0.364 e. The van der Waals surface area contributed by atoms with E-state index in [1.807, 2.05) is 12.1 Å². The van der Waals surface area contributed by atoms with E-state index in [1.165, 1.54) is 13.8 Å². The minimum atomic E-state index is -3.65. The Morgan fingerprint density at radius 3 is 2.41 bits per heavy atom. The van der Waals surface area contributed by atoms with Crippen LogP contribution in [-0.4, -0.2) is 75.5 Å². The normalized spacial score (nSPS) is 22.4. The molecule has 2 aromatic carbocycles. The Balaban J connectivity index is 1.45. The van der Waals surface area contributed by atoms with Gasteiger partial charge in [0.15, 0.2) is 0 Å². The molecule has 0 saturated carbocycles. The molecule has 2 aromatic rings. The van der Waals surface area contributed by atoms with Gasteiger partial charge in [0.2, 0.25) is 15.9 Å². The number of amides is 2. The van der Waals surface area contributed by atoms with Crippen LogP contribution in [0, 0.1) is 5.92 Å². The summed E-state index contributed by atoms with van der Waals surface area (Å²) in [6.07, 6.45) is 0. The first-order valence-electron chi connectivity index (χ1n) is 11.9. The number of carbonyl (C=O) groups is 2. The summed E-state index contributed by atoms with van der Waals surface area (Å²) < 4.78 is 47.1. The van der Waals surface area contributed by atoms with Gasteiger partial charge in [-0.2, -0.15) is 14.9 Å². The molecule has 2 aliphatic rings. The number of sulfonamides is 1. The number of anilines is 1. The van der Waals surface area contributed by atoms with Crippen molar-refractivity contribution in [2.75, 3.05) is 30.3 Å². The van der Waals surface area contributed by atoms with Crippen molar-refractivity contribution in [2.24, 2.45) is 5.92 Å². The molecule has 0 aromatic heterocycles. The average Bonchev–Trinajstić information content (AvgIpc) is 3.30. The first kappa shape index (κ1) is 27.4. The fourth-order valence-electron chi connectivity index (χ4n) is 4.63. The highest BCUT2D eigenvalue weighted by Crippen LogP contribution is 2.55. The Kier molecular flexibility index (Phi) is 7.83. The highest BCUT2D eigenvalue weighted by molar-refractivity contribution is 8.24. The number of nitrogens with zero attached hydrogens (tertiary/aromatic N) is 2. The molecule has 202 valence electrons. The van der Waals surface area contributed by atoms with Crippen molar-refractivity contribution in [1.82, 2.24) is 15.1 Å². The SMILES string of the molecule is CC(C)S(=O)(=O)N1C[C@H](C(=O)NO)[C@H](NC(=O)c2ccc(CN3CCS(O)(O)c4ccccc43)cc2)C1. The summed E-state index contributed by atoms with van der Waals surface area (Å²) in [6, 6.07) is 13.3. The third-order valence-electron chi connectivity index (χ3n) is 6.80. The second-order valence-electron chi connectivity index (χ2n) is 9.53. The van der Waals surface area contributed by atoms with Gasteiger partial charge in [-0.3, -0.25) is 23.9 Å². The van der Waals surface area contributed by atoms with Gasteiger partial charge in [-0.1, -0.05) is 24.3 Å². The number of para-hydroxylation sites is 1. The second-order valence-corrected chi connectivity index (χ2v) is 14.2. The number of hydrogen-bond acceptors (Lipinski definition) is 8. The minimum absolute atomic E-state index is 0.0734. The van der Waals surface area contributed by atoms with Gasteiger partial charge in [0.05, 0.1) is 33.5 Å². The maximum absolute atomic E-state index is 12.9. The van der Waals surface area contributed by atoms with Gasteiger partial charge >= 0.3 is 0 Å². The average molecular weight is 553 g/mol. The third kappa shape index (κ3) is 5.61. The standard InChI is InChI=1S/C24H32N4O7S2/c1-16(2)37(34,35)28-14-19(24(30)26-31)20(15-28)25-23(29)18-9-7-17(8-10-18)13-27-11-12-36(32,33)22-6-4-3-5-21(22)27/h3-10,16,19-20,31-33H,11-15H2,1-2H3,(H,25,29)(H,26,30)/t19-,20+/m0/s1. The van der Waals surface area contributed by atoms with Crippen LogP contribution in [0.1, 0.15) is 29.8 Å². The summed E-state index contributed by atoms with van der Waals surface area (Å²) in [4.78, 5) is 27.7. The number of nitrogens with one attached hydrogen (secondary N) is 2. The highest BCUT2D eigenvalue weighted by Gasteiger charge is 2.44. The lowest BCUT2D eigenvalue weighted by Gasteiger charge is -2.43. The smallest absolute Gasteiger partial charge is 0.251 e. The fourth-order valence-corrected chi connectivity index (χ4v) is 7.49. The molecule has 2 heterocycles. The molecule has 1 saturated heterocycles. The van der Waals surface area contributed by atoms with Crippen LogP contribution < -0.4 is 15.7 Å². The molecule has 13 heteroatoms. The Hall–Kier alpha value is -2.68. The molecule has 0 radical (unpaired) electrons. The van der Waals surface area contributed by atoms with Crippen LogP contribution in [0.5, 0.6) is 0 Å². The highest BCUT2D eigenvalue weighted by atomic mass is 32.3. The molecular weight excluding hydrogens is 520 g/mol. The molecular formula is C24H32N4O7S2. The van der Waals surface area contributed by atoms with E-state index in [1.54, 1.807) is 41.9 Å². The van der Waals surface area contributed by atoms with E-state index in [9.17, 15) is 27.1 Å². The quantitative estimate of drug-likeness (QED) is 0.258. The van der Waals surface area contributed by atoms with Crippen molar-refractivity contribution in [2.45, 2.75) is 36.6 Å². The summed E-state index contributed by atoms with van der Waals surface area (Å²) in [5.74, 6) is -1.92. The summed E-state index contributed by atoms with van der Waals surface area (Å²) in [5.41, 5.74) is 3.59. The van der Waals surface area contributed by atoms with Crippen LogP contribution in [0.2, 0.25) is 0 Å². The fraction of sp³-hybridized carbons (Fsp3) is 0.417. The molecule has 1 fully saturated rings. The summed E-state index contributed by atoms with van der Waals surface area (Å²) in [6.45, 7) is 3.86. The summed E-state index contributed by atoms with van der Waals surface area (Å²) in [5, 5.41) is 11.2. The van der Waals surface area contributed by atoms with Crippen LogP contribution in [0.4, 0.5) is 5.69 Å². The maximum Gasteiger partial charge on any atom is 0.251 e. The second kappa shape index (κ2) is 10.6. The van der Waals surface area contributed by atoms with Crippen LogP contribution >= 0.6 is 10.6 Å². The lowest BCUT2D eigenvalue weighted by Crippen LogP contribution is -2.45. The molecule has 0 spiro atoms. The van der Waals surface area contributed by atoms with E-state index < -0.39 is 49.6 Å². The number of fused-ring (bicyclic) bond motifs is 1. The van der Waals surface area contributed by atoms with Gasteiger partial charge in [0.1, 0.15) is 0 Å². The third-order valence-corrected chi connectivity index (χ3v) is 10.8. The number of hydrogen-bond donors (Lipinski definition) is 5. The van der Waals surface area contributed by atoms with E-state index >= 15 is 0 Å². The van der Waals surface area contributed by atoms with Crippen LogP contribution in [0.3, 0.4) is 0 Å². The Morgan fingerprint density at radius 2 is 1.76 bits per heavy atom. The van der Waals surface area contributed by atoms with E-state index in [0.29, 0.717) is 23.5 Å². The molecule has 2 amide bonds. The van der Waals surface area contributed by atoms with E-state index in [-0.39, 0.29) is 18.8 Å². The Morgan fingerprint density at radius 1 is 1.08 bits per heavy atom. The maximum atomic E-state index is 12.9. The summed E-state index contributed by atoms with van der Waals surface area (Å²) >= 11 is 0. The predicted molar refractivity (Wildman–Crippen MR) is 140 cm³/mol. The summed E-state index contributed by atoms with van der Waals surface area (Å²) in [7, 11) is -6.45. The van der Waals surface area contributed by atoms with Crippen LogP contribution in [0.25, 0.3) is 0 Å². The monoisotopic (exact) mass is 552 g/mol. The van der Waals surface area contributed by atoms with Gasteiger partial charge in [-0.25, -0.2) is 13.9 Å². The molecule has 0 unspecified atom stereocenters. The molecule has 4 rings (SSSR count). The molecule has 37 heavy (non-hydrogen) atoms. The first-order chi connectivity index (χ1) is 17.4. The molecule has 11 nitrogen and oxygen atoms in total. The molecule has 2 atom stereocenters. The zero-order valence-corrected chi connectivity index (χ0v) is 22.2. The number of hydroxylamine groups is 1. The van der Waals surface area contributed by atoms with Crippen LogP contribution in [-0.2, 0) is 21.4 Å². The molecule has 2 aliphatic heterocycles. The van der Waals surface area contributed by atoms with E-state index in [2.05, 4.69) is 10.2 Å². The Bertz CT molecular complexity index is 1270. The molecule has 5 N–H and O–H groups in total. The van der Waals surface area contributed by atoms with Gasteiger partial charge in [-0.05, 0) is 43.7 Å². The lowest BCUT2D eigenvalue weighted by atomic mass is 10.0. The molecule has 0 bridgehead atoms. The number of benzene rings is 2.